The van der Waals surface area contributed by atoms with E-state index >= 15 is 0 Å². The van der Waals surface area contributed by atoms with Gasteiger partial charge in [-0.25, -0.2) is 0 Å². The molecule has 0 amide bonds. The fourth-order valence-electron chi connectivity index (χ4n) is 2.12. The van der Waals surface area contributed by atoms with Crippen LogP contribution in [0, 0.1) is 16.0 Å². The van der Waals surface area contributed by atoms with Crippen LogP contribution in [0.5, 0.6) is 0 Å². The Morgan fingerprint density at radius 1 is 1.26 bits per heavy atom. The fourth-order valence-corrected chi connectivity index (χ4v) is 3.16. The van der Waals surface area contributed by atoms with Gasteiger partial charge in [0.15, 0.2) is 8.32 Å². The molecule has 0 aromatic heterocycles. The molecule has 0 spiro atoms. The number of rotatable bonds is 8. The number of benzene rings is 1. The minimum Gasteiger partial charge on any atom is -0.416 e. The normalized spacial score (nSPS) is 15.0. The van der Waals surface area contributed by atoms with Crippen molar-refractivity contribution in [1.82, 2.24) is 0 Å². The highest BCUT2D eigenvalue weighted by molar-refractivity contribution is 6.74. The van der Waals surface area contributed by atoms with Crippen LogP contribution < -0.4 is 0 Å². The van der Waals surface area contributed by atoms with E-state index in [0.717, 1.165) is 11.8 Å². The summed E-state index contributed by atoms with van der Waals surface area (Å²) < 4.78 is 6.12. The second-order valence-electron chi connectivity index (χ2n) is 7.40. The highest BCUT2D eigenvalue weighted by atomic mass is 28.4. The van der Waals surface area contributed by atoms with Gasteiger partial charge in [-0.2, -0.15) is 0 Å². The number of nitrogens with zero attached hydrogens (tertiary/aromatic N) is 1. The first kappa shape index (κ1) is 19.5. The molecule has 0 bridgehead atoms. The summed E-state index contributed by atoms with van der Waals surface area (Å²) in [7, 11) is -2.00. The van der Waals surface area contributed by atoms with Crippen LogP contribution in [0.3, 0.4) is 0 Å². The molecule has 6 heteroatoms. The quantitative estimate of drug-likeness (QED) is 0.312. The molecule has 5 nitrogen and oxygen atoms in total. The third-order valence-corrected chi connectivity index (χ3v) is 9.21. The van der Waals surface area contributed by atoms with Gasteiger partial charge in [0.1, 0.15) is 6.29 Å². The molecular weight excluding hydrogens is 310 g/mol. The van der Waals surface area contributed by atoms with Gasteiger partial charge in [-0.05, 0) is 23.7 Å². The van der Waals surface area contributed by atoms with Crippen molar-refractivity contribution in [3.8, 4) is 0 Å². The lowest BCUT2D eigenvalue weighted by Crippen LogP contribution is -2.43. The van der Waals surface area contributed by atoms with E-state index in [1.165, 1.54) is 0 Å². The minimum absolute atomic E-state index is 0.0335. The van der Waals surface area contributed by atoms with Crippen molar-refractivity contribution in [1.29, 1.82) is 0 Å². The van der Waals surface area contributed by atoms with Gasteiger partial charge in [-0.15, -0.1) is 0 Å². The number of aldehydes is 1. The molecule has 2 atom stereocenters. The highest BCUT2D eigenvalue weighted by Crippen LogP contribution is 2.37. The van der Waals surface area contributed by atoms with Crippen LogP contribution in [0.25, 0.3) is 0 Å². The van der Waals surface area contributed by atoms with Crippen molar-refractivity contribution in [2.24, 2.45) is 5.92 Å². The Balaban J connectivity index is 2.94. The van der Waals surface area contributed by atoms with E-state index in [1.807, 2.05) is 30.3 Å². The Hall–Kier alpha value is -1.53. The van der Waals surface area contributed by atoms with E-state index in [-0.39, 0.29) is 23.1 Å². The Labute approximate surface area is 139 Å². The number of nitro groups is 1. The summed E-state index contributed by atoms with van der Waals surface area (Å²) >= 11 is 0. The Morgan fingerprint density at radius 2 is 1.83 bits per heavy atom. The van der Waals surface area contributed by atoms with E-state index in [4.69, 9.17) is 4.43 Å². The van der Waals surface area contributed by atoms with Crippen LogP contribution in [0.4, 0.5) is 0 Å². The number of hydrogen-bond donors (Lipinski definition) is 0. The maximum atomic E-state index is 11.6. The highest BCUT2D eigenvalue weighted by Gasteiger charge is 2.38. The molecular formula is C17H27NO4Si. The van der Waals surface area contributed by atoms with Gasteiger partial charge in [0, 0.05) is 17.4 Å². The second kappa shape index (κ2) is 7.83. The maximum Gasteiger partial charge on any atom is 0.211 e. The molecule has 2 unspecified atom stereocenters. The number of hydrogen-bond acceptors (Lipinski definition) is 4. The van der Waals surface area contributed by atoms with Crippen LogP contribution in [-0.4, -0.2) is 32.7 Å². The fraction of sp³-hybridized carbons (Fsp3) is 0.588. The summed E-state index contributed by atoms with van der Waals surface area (Å²) in [5.74, 6) is -0.981. The molecule has 0 radical (unpaired) electrons. The molecule has 0 saturated heterocycles. The molecule has 128 valence electrons. The molecule has 1 aromatic rings. The summed E-state index contributed by atoms with van der Waals surface area (Å²) in [6.07, 6.45) is 0.800. The lowest BCUT2D eigenvalue weighted by molar-refractivity contribution is -0.484. The van der Waals surface area contributed by atoms with Crippen molar-refractivity contribution < 1.29 is 14.1 Å². The van der Waals surface area contributed by atoms with E-state index in [1.54, 1.807) is 0 Å². The molecule has 0 aliphatic carbocycles. The van der Waals surface area contributed by atoms with Gasteiger partial charge < -0.3 is 9.22 Å². The lowest BCUT2D eigenvalue weighted by atomic mass is 9.87. The zero-order chi connectivity index (χ0) is 17.7. The predicted molar refractivity (Wildman–Crippen MR) is 93.7 cm³/mol. The summed E-state index contributed by atoms with van der Waals surface area (Å²) in [5.41, 5.74) is 0.806. The van der Waals surface area contributed by atoms with Gasteiger partial charge in [-0.1, -0.05) is 51.1 Å². The van der Waals surface area contributed by atoms with Gasteiger partial charge in [0.2, 0.25) is 6.54 Å². The van der Waals surface area contributed by atoms with Crippen molar-refractivity contribution >= 4 is 14.6 Å². The third-order valence-electron chi connectivity index (χ3n) is 4.71. The molecule has 0 N–H and O–H groups in total. The maximum absolute atomic E-state index is 11.6. The zero-order valence-electron chi connectivity index (χ0n) is 14.6. The first-order valence-corrected chi connectivity index (χ1v) is 10.8. The van der Waals surface area contributed by atoms with Crippen molar-refractivity contribution in [2.45, 2.75) is 44.8 Å². The minimum atomic E-state index is -2.00. The standard InChI is InChI=1S/C17H27NO4Si/c1-17(2,3)23(4,5)22-13-15(12-19)16(11-18(20)21)14-9-7-6-8-10-14/h6-10,12,15-16H,11,13H2,1-5H3. The average Bonchev–Trinajstić information content (AvgIpc) is 2.46. The van der Waals surface area contributed by atoms with Crippen LogP contribution >= 0.6 is 0 Å². The molecule has 0 aliphatic heterocycles. The van der Waals surface area contributed by atoms with Crippen molar-refractivity contribution in [2.75, 3.05) is 13.2 Å². The molecule has 0 saturated carbocycles. The molecule has 0 fully saturated rings. The van der Waals surface area contributed by atoms with E-state index in [2.05, 4.69) is 33.9 Å². The topological polar surface area (TPSA) is 69.4 Å². The third kappa shape index (κ3) is 5.55. The van der Waals surface area contributed by atoms with Crippen molar-refractivity contribution in [3.63, 3.8) is 0 Å². The van der Waals surface area contributed by atoms with Crippen LogP contribution in [0.1, 0.15) is 32.3 Å². The predicted octanol–water partition coefficient (Wildman–Crippen LogP) is 3.88. The summed E-state index contributed by atoms with van der Waals surface area (Å²) in [4.78, 5) is 22.2. The van der Waals surface area contributed by atoms with Crippen LogP contribution in [0.15, 0.2) is 30.3 Å². The van der Waals surface area contributed by atoms with Crippen LogP contribution in [0.2, 0.25) is 18.1 Å². The Kier molecular flexibility index (Phi) is 6.65. The monoisotopic (exact) mass is 337 g/mol. The summed E-state index contributed by atoms with van der Waals surface area (Å²) in [6.45, 7) is 10.6. The van der Waals surface area contributed by atoms with Gasteiger partial charge in [-0.3, -0.25) is 10.1 Å². The first-order valence-electron chi connectivity index (χ1n) is 7.84. The largest absolute Gasteiger partial charge is 0.416 e. The summed E-state index contributed by atoms with van der Waals surface area (Å²) in [6, 6.07) is 9.18. The Bertz CT molecular complexity index is 525. The van der Waals surface area contributed by atoms with E-state index < -0.39 is 20.2 Å². The second-order valence-corrected chi connectivity index (χ2v) is 12.2. The number of carbonyl (C=O) groups is 1. The van der Waals surface area contributed by atoms with Gasteiger partial charge in [0.05, 0.1) is 5.92 Å². The van der Waals surface area contributed by atoms with Crippen molar-refractivity contribution in [3.05, 3.63) is 46.0 Å². The summed E-state index contributed by atoms with van der Waals surface area (Å²) in [5, 5.41) is 11.1. The number of carbonyl (C=O) groups excluding carboxylic acids is 1. The smallest absolute Gasteiger partial charge is 0.211 e. The van der Waals surface area contributed by atoms with E-state index in [0.29, 0.717) is 0 Å². The molecule has 23 heavy (non-hydrogen) atoms. The molecule has 0 heterocycles. The van der Waals surface area contributed by atoms with Gasteiger partial charge >= 0.3 is 0 Å². The molecule has 0 aliphatic rings. The zero-order valence-corrected chi connectivity index (χ0v) is 15.6. The first-order chi connectivity index (χ1) is 10.6. The Morgan fingerprint density at radius 3 is 2.26 bits per heavy atom. The molecule has 1 rings (SSSR count). The van der Waals surface area contributed by atoms with E-state index in [9.17, 15) is 14.9 Å². The van der Waals surface area contributed by atoms with Gasteiger partial charge in [0.25, 0.3) is 0 Å². The average molecular weight is 337 g/mol. The SMILES string of the molecule is CC(C)(C)[Si](C)(C)OCC(C=O)C(C[N+](=O)[O-])c1ccccc1. The van der Waals surface area contributed by atoms with Crippen LogP contribution in [-0.2, 0) is 9.22 Å². The molecule has 1 aromatic carbocycles. The lowest BCUT2D eigenvalue weighted by Gasteiger charge is -2.37.